The van der Waals surface area contributed by atoms with Crippen molar-refractivity contribution in [3.63, 3.8) is 0 Å². The van der Waals surface area contributed by atoms with Crippen molar-refractivity contribution in [2.75, 3.05) is 37.6 Å². The van der Waals surface area contributed by atoms with Crippen LogP contribution in [-0.4, -0.2) is 42.6 Å². The minimum absolute atomic E-state index is 0.0666. The van der Waals surface area contributed by atoms with E-state index in [2.05, 4.69) is 26.9 Å². The molecule has 2 heterocycles. The van der Waals surface area contributed by atoms with Crippen molar-refractivity contribution in [3.8, 4) is 0 Å². The van der Waals surface area contributed by atoms with Crippen LogP contribution < -0.4 is 10.6 Å². The van der Waals surface area contributed by atoms with Gasteiger partial charge in [-0.05, 0) is 37.3 Å². The molecule has 2 N–H and O–H groups in total. The number of rotatable bonds is 4. The van der Waals surface area contributed by atoms with Crippen LogP contribution in [0.3, 0.4) is 0 Å². The predicted octanol–water partition coefficient (Wildman–Crippen LogP) is 1.63. The fourth-order valence-corrected chi connectivity index (χ4v) is 2.68. The first-order valence-electron chi connectivity index (χ1n) is 7.41. The van der Waals surface area contributed by atoms with Gasteiger partial charge in [-0.2, -0.15) is 0 Å². The highest BCUT2D eigenvalue weighted by Crippen LogP contribution is 2.30. The van der Waals surface area contributed by atoms with Gasteiger partial charge in [0.15, 0.2) is 0 Å². The lowest BCUT2D eigenvalue weighted by Gasteiger charge is -2.35. The molecule has 3 rings (SSSR count). The second kappa shape index (κ2) is 5.47. The van der Waals surface area contributed by atoms with Crippen LogP contribution in [0, 0.1) is 5.92 Å². The first-order valence-corrected chi connectivity index (χ1v) is 7.41. The summed E-state index contributed by atoms with van der Waals surface area (Å²) in [7, 11) is 0. The average Bonchev–Trinajstić information content (AvgIpc) is 3.24. The molecule has 4 heteroatoms. The van der Waals surface area contributed by atoms with Crippen LogP contribution in [0.5, 0.6) is 0 Å². The van der Waals surface area contributed by atoms with Crippen molar-refractivity contribution in [3.05, 3.63) is 23.9 Å². The lowest BCUT2D eigenvalue weighted by atomic mass is 10.1. The molecular weight excluding hydrogens is 236 g/mol. The summed E-state index contributed by atoms with van der Waals surface area (Å²) >= 11 is 0. The van der Waals surface area contributed by atoms with Gasteiger partial charge < -0.3 is 10.6 Å². The van der Waals surface area contributed by atoms with Crippen molar-refractivity contribution in [2.45, 2.75) is 25.8 Å². The molecule has 0 spiro atoms. The van der Waals surface area contributed by atoms with Gasteiger partial charge in [0.1, 0.15) is 5.82 Å². The van der Waals surface area contributed by atoms with E-state index in [4.69, 9.17) is 5.73 Å². The number of hydrogen-bond acceptors (Lipinski definition) is 4. The summed E-state index contributed by atoms with van der Waals surface area (Å²) in [6.07, 6.45) is 4.80. The fraction of sp³-hybridized carbons (Fsp3) is 0.667. The molecule has 4 nitrogen and oxygen atoms in total. The second-order valence-corrected chi connectivity index (χ2v) is 5.97. The van der Waals surface area contributed by atoms with Crippen molar-refractivity contribution in [2.24, 2.45) is 11.7 Å². The molecule has 1 aliphatic carbocycles. The summed E-state index contributed by atoms with van der Waals surface area (Å²) in [4.78, 5) is 9.53. The van der Waals surface area contributed by atoms with Crippen LogP contribution in [-0.2, 0) is 0 Å². The zero-order valence-corrected chi connectivity index (χ0v) is 11.8. The van der Waals surface area contributed by atoms with Gasteiger partial charge >= 0.3 is 0 Å². The lowest BCUT2D eigenvalue weighted by Crippen LogP contribution is -2.47. The normalized spacial score (nSPS) is 22.5. The molecule has 104 valence electrons. The largest absolute Gasteiger partial charge is 0.354 e. The first-order chi connectivity index (χ1) is 9.22. The van der Waals surface area contributed by atoms with E-state index in [9.17, 15) is 0 Å². The van der Waals surface area contributed by atoms with E-state index >= 15 is 0 Å². The van der Waals surface area contributed by atoms with E-state index in [0.717, 1.165) is 30.4 Å². The van der Waals surface area contributed by atoms with E-state index in [0.29, 0.717) is 0 Å². The van der Waals surface area contributed by atoms with E-state index < -0.39 is 0 Å². The predicted molar refractivity (Wildman–Crippen MR) is 78.2 cm³/mol. The molecule has 1 atom stereocenters. The Bertz CT molecular complexity index is 403. The van der Waals surface area contributed by atoms with Gasteiger partial charge in [0.05, 0.1) is 0 Å². The fourth-order valence-electron chi connectivity index (χ4n) is 2.68. The van der Waals surface area contributed by atoms with Crippen LogP contribution in [0.4, 0.5) is 5.82 Å². The third kappa shape index (κ3) is 3.25. The summed E-state index contributed by atoms with van der Waals surface area (Å²) in [6.45, 7) is 7.84. The van der Waals surface area contributed by atoms with Gasteiger partial charge in [-0.3, -0.25) is 4.90 Å². The monoisotopic (exact) mass is 260 g/mol. The standard InChI is InChI=1S/C15H24N4/c1-12(16)14-4-5-15(17-10-14)19-8-6-18(7-9-19)11-13-2-3-13/h4-5,10,12-13H,2-3,6-9,11,16H2,1H3. The Morgan fingerprint density at radius 3 is 2.53 bits per heavy atom. The molecule has 1 unspecified atom stereocenters. The number of aromatic nitrogens is 1. The van der Waals surface area contributed by atoms with E-state index in [1.807, 2.05) is 13.1 Å². The minimum atomic E-state index is 0.0666. The van der Waals surface area contributed by atoms with Crippen molar-refractivity contribution in [1.82, 2.24) is 9.88 Å². The number of hydrogen-bond donors (Lipinski definition) is 1. The van der Waals surface area contributed by atoms with Gasteiger partial charge in [-0.25, -0.2) is 4.98 Å². The van der Waals surface area contributed by atoms with E-state index in [1.165, 1.54) is 32.5 Å². The van der Waals surface area contributed by atoms with Gasteiger partial charge in [-0.15, -0.1) is 0 Å². The zero-order chi connectivity index (χ0) is 13.2. The number of anilines is 1. The Morgan fingerprint density at radius 2 is 2.00 bits per heavy atom. The van der Waals surface area contributed by atoms with Crippen molar-refractivity contribution >= 4 is 5.82 Å². The molecule has 0 bridgehead atoms. The molecule has 19 heavy (non-hydrogen) atoms. The SMILES string of the molecule is CC(N)c1ccc(N2CCN(CC3CC3)CC2)nc1. The summed E-state index contributed by atoms with van der Waals surface area (Å²) in [5.74, 6) is 2.09. The van der Waals surface area contributed by atoms with E-state index in [1.54, 1.807) is 0 Å². The zero-order valence-electron chi connectivity index (χ0n) is 11.8. The Morgan fingerprint density at radius 1 is 1.26 bits per heavy atom. The number of nitrogens with zero attached hydrogens (tertiary/aromatic N) is 3. The Hall–Kier alpha value is -1.13. The smallest absolute Gasteiger partial charge is 0.128 e. The third-order valence-electron chi connectivity index (χ3n) is 4.21. The van der Waals surface area contributed by atoms with Crippen LogP contribution in [0.25, 0.3) is 0 Å². The van der Waals surface area contributed by atoms with Crippen LogP contribution in [0.15, 0.2) is 18.3 Å². The average molecular weight is 260 g/mol. The molecule has 1 saturated carbocycles. The van der Waals surface area contributed by atoms with Crippen LogP contribution >= 0.6 is 0 Å². The molecule has 1 aromatic heterocycles. The molecule has 0 amide bonds. The quantitative estimate of drug-likeness (QED) is 0.894. The topological polar surface area (TPSA) is 45.4 Å². The Kier molecular flexibility index (Phi) is 3.71. The summed E-state index contributed by atoms with van der Waals surface area (Å²) < 4.78 is 0. The highest BCUT2D eigenvalue weighted by Gasteiger charge is 2.26. The molecule has 2 fully saturated rings. The minimum Gasteiger partial charge on any atom is -0.354 e. The van der Waals surface area contributed by atoms with E-state index in [-0.39, 0.29) is 6.04 Å². The van der Waals surface area contributed by atoms with Crippen LogP contribution in [0.1, 0.15) is 31.4 Å². The summed E-state index contributed by atoms with van der Waals surface area (Å²) in [5.41, 5.74) is 6.96. The van der Waals surface area contributed by atoms with Gasteiger partial charge in [0, 0.05) is 45.0 Å². The van der Waals surface area contributed by atoms with Crippen LogP contribution in [0.2, 0.25) is 0 Å². The highest BCUT2D eigenvalue weighted by molar-refractivity contribution is 5.40. The maximum Gasteiger partial charge on any atom is 0.128 e. The molecule has 2 aliphatic rings. The molecule has 1 saturated heterocycles. The molecule has 0 aromatic carbocycles. The summed E-state index contributed by atoms with van der Waals surface area (Å²) in [6, 6.07) is 4.27. The number of nitrogens with two attached hydrogens (primary N) is 1. The molecule has 1 aliphatic heterocycles. The lowest BCUT2D eigenvalue weighted by molar-refractivity contribution is 0.247. The molecule has 1 aromatic rings. The third-order valence-corrected chi connectivity index (χ3v) is 4.21. The Labute approximate surface area is 115 Å². The molecule has 0 radical (unpaired) electrons. The highest BCUT2D eigenvalue weighted by atomic mass is 15.3. The van der Waals surface area contributed by atoms with Crippen molar-refractivity contribution < 1.29 is 0 Å². The second-order valence-electron chi connectivity index (χ2n) is 5.97. The number of piperazine rings is 1. The first kappa shape index (κ1) is 12.9. The number of pyridine rings is 1. The van der Waals surface area contributed by atoms with Gasteiger partial charge in [-0.1, -0.05) is 6.07 Å². The van der Waals surface area contributed by atoms with Crippen molar-refractivity contribution in [1.29, 1.82) is 0 Å². The molecular formula is C15H24N4. The summed E-state index contributed by atoms with van der Waals surface area (Å²) in [5, 5.41) is 0. The van der Waals surface area contributed by atoms with Gasteiger partial charge in [0.25, 0.3) is 0 Å². The Balaban J connectivity index is 1.55. The van der Waals surface area contributed by atoms with Gasteiger partial charge in [0.2, 0.25) is 0 Å². The maximum absolute atomic E-state index is 5.85. The maximum atomic E-state index is 5.85.